The third-order valence-electron chi connectivity index (χ3n) is 9.66. The largest absolute Gasteiger partial charge is 0.393 e. The van der Waals surface area contributed by atoms with Crippen LogP contribution in [-0.2, 0) is 11.8 Å². The van der Waals surface area contributed by atoms with Crippen molar-refractivity contribution in [1.29, 1.82) is 0 Å². The summed E-state index contributed by atoms with van der Waals surface area (Å²) >= 11 is 0. The maximum Gasteiger partial charge on any atom is 0.165 e. The first kappa shape index (κ1) is 19.5. The molecular formula is C25H36N2O2. The van der Waals surface area contributed by atoms with Crippen LogP contribution in [0.25, 0.3) is 6.08 Å². The number of aryl methyl sites for hydroxylation is 2. The van der Waals surface area contributed by atoms with Crippen molar-refractivity contribution in [2.75, 3.05) is 0 Å². The second kappa shape index (κ2) is 6.54. The van der Waals surface area contributed by atoms with E-state index < -0.39 is 0 Å². The van der Waals surface area contributed by atoms with Crippen molar-refractivity contribution in [2.45, 2.75) is 78.2 Å². The second-order valence-electron chi connectivity index (χ2n) is 11.1. The van der Waals surface area contributed by atoms with Crippen molar-refractivity contribution >= 4 is 11.9 Å². The maximum absolute atomic E-state index is 13.5. The molecule has 0 amide bonds. The van der Waals surface area contributed by atoms with Crippen LogP contribution in [-0.4, -0.2) is 26.8 Å². The molecule has 0 radical (unpaired) electrons. The number of hydrogen-bond acceptors (Lipinski definition) is 3. The van der Waals surface area contributed by atoms with Crippen molar-refractivity contribution < 1.29 is 9.90 Å². The van der Waals surface area contributed by atoms with E-state index in [9.17, 15) is 9.90 Å². The van der Waals surface area contributed by atoms with E-state index in [2.05, 4.69) is 25.0 Å². The smallest absolute Gasteiger partial charge is 0.165 e. The number of aliphatic hydroxyl groups excluding tert-OH is 1. The molecule has 0 saturated heterocycles. The number of aliphatic hydroxyl groups is 1. The van der Waals surface area contributed by atoms with Crippen LogP contribution in [0.2, 0.25) is 0 Å². The molecular weight excluding hydrogens is 360 g/mol. The Bertz CT molecular complexity index is 870. The monoisotopic (exact) mass is 396 g/mol. The first-order valence-electron chi connectivity index (χ1n) is 11.7. The summed E-state index contributed by atoms with van der Waals surface area (Å²) in [6.45, 7) is 6.79. The molecule has 4 heteroatoms. The summed E-state index contributed by atoms with van der Waals surface area (Å²) in [5.74, 6) is 2.94. The first-order valence-corrected chi connectivity index (χ1v) is 11.7. The minimum atomic E-state index is -0.180. The van der Waals surface area contributed by atoms with E-state index in [1.54, 1.807) is 0 Å². The Morgan fingerprint density at radius 1 is 1.17 bits per heavy atom. The van der Waals surface area contributed by atoms with Gasteiger partial charge in [-0.2, -0.15) is 5.10 Å². The number of ketones is 1. The first-order chi connectivity index (χ1) is 13.7. The molecule has 1 heterocycles. The van der Waals surface area contributed by atoms with Crippen LogP contribution in [0, 0.1) is 41.4 Å². The number of hydrogen-bond donors (Lipinski definition) is 1. The maximum atomic E-state index is 13.5. The van der Waals surface area contributed by atoms with E-state index in [1.807, 2.05) is 24.9 Å². The molecule has 4 nitrogen and oxygen atoms in total. The van der Waals surface area contributed by atoms with Crippen molar-refractivity contribution in [3.63, 3.8) is 0 Å². The lowest BCUT2D eigenvalue weighted by Crippen LogP contribution is -2.54. The fourth-order valence-corrected chi connectivity index (χ4v) is 7.98. The highest BCUT2D eigenvalue weighted by Gasteiger charge is 2.61. The number of fused-ring (bicyclic) bond motifs is 5. The summed E-state index contributed by atoms with van der Waals surface area (Å²) in [7, 11) is 1.94. The Kier molecular flexibility index (Phi) is 4.40. The number of carbonyl (C=O) groups excluding carboxylic acids is 1. The molecule has 0 aromatic carbocycles. The van der Waals surface area contributed by atoms with Crippen LogP contribution in [0.4, 0.5) is 0 Å². The van der Waals surface area contributed by atoms with Gasteiger partial charge in [-0.15, -0.1) is 0 Å². The van der Waals surface area contributed by atoms with E-state index >= 15 is 0 Å². The van der Waals surface area contributed by atoms with Crippen LogP contribution in [0.15, 0.2) is 11.8 Å². The number of Topliss-reactive ketones (excluding diaryl/α,β-unsaturated/α-hetero) is 1. The van der Waals surface area contributed by atoms with Crippen molar-refractivity contribution in [2.24, 2.45) is 41.5 Å². The highest BCUT2D eigenvalue weighted by Crippen LogP contribution is 2.66. The number of nitrogens with zero attached hydrogens (tertiary/aromatic N) is 2. The van der Waals surface area contributed by atoms with Gasteiger partial charge >= 0.3 is 0 Å². The van der Waals surface area contributed by atoms with Crippen LogP contribution in [0.1, 0.15) is 76.5 Å². The molecule has 4 aliphatic rings. The van der Waals surface area contributed by atoms with Crippen LogP contribution in [0.3, 0.4) is 0 Å². The van der Waals surface area contributed by atoms with Gasteiger partial charge in [0.1, 0.15) is 0 Å². The Morgan fingerprint density at radius 2 is 1.97 bits per heavy atom. The number of carbonyl (C=O) groups is 1. The molecule has 7 atom stereocenters. The van der Waals surface area contributed by atoms with Gasteiger partial charge in [0.15, 0.2) is 5.78 Å². The minimum Gasteiger partial charge on any atom is -0.393 e. The summed E-state index contributed by atoms with van der Waals surface area (Å²) < 4.78 is 1.84. The third-order valence-corrected chi connectivity index (χ3v) is 9.66. The zero-order chi connectivity index (χ0) is 20.6. The summed E-state index contributed by atoms with van der Waals surface area (Å²) in [6, 6.07) is 0. The van der Waals surface area contributed by atoms with E-state index in [0.717, 1.165) is 54.9 Å². The molecule has 0 bridgehead atoms. The predicted octanol–water partition coefficient (Wildman–Crippen LogP) is 4.69. The number of allylic oxidation sites excluding steroid dienone is 1. The molecule has 1 aromatic heterocycles. The van der Waals surface area contributed by atoms with Gasteiger partial charge in [-0.05, 0) is 99.0 Å². The Balaban J connectivity index is 1.46. The van der Waals surface area contributed by atoms with Crippen molar-refractivity contribution in [1.82, 2.24) is 9.78 Å². The second-order valence-corrected chi connectivity index (χ2v) is 11.1. The molecule has 0 spiro atoms. The van der Waals surface area contributed by atoms with Crippen LogP contribution in [0.5, 0.6) is 0 Å². The highest BCUT2D eigenvalue weighted by atomic mass is 16.3. The lowest BCUT2D eigenvalue weighted by atomic mass is 9.45. The van der Waals surface area contributed by atoms with Gasteiger partial charge in [-0.1, -0.05) is 13.8 Å². The van der Waals surface area contributed by atoms with Crippen molar-refractivity contribution in [3.05, 3.63) is 23.0 Å². The van der Waals surface area contributed by atoms with Gasteiger partial charge < -0.3 is 5.11 Å². The van der Waals surface area contributed by atoms with E-state index in [1.165, 1.54) is 19.3 Å². The Morgan fingerprint density at radius 3 is 2.69 bits per heavy atom. The molecule has 0 aliphatic heterocycles. The zero-order valence-corrected chi connectivity index (χ0v) is 18.4. The lowest BCUT2D eigenvalue weighted by molar-refractivity contribution is -0.141. The van der Waals surface area contributed by atoms with Crippen LogP contribution >= 0.6 is 0 Å². The van der Waals surface area contributed by atoms with Gasteiger partial charge in [0.25, 0.3) is 0 Å². The average molecular weight is 397 g/mol. The molecule has 1 N–H and O–H groups in total. The summed E-state index contributed by atoms with van der Waals surface area (Å²) in [4.78, 5) is 13.5. The molecule has 4 fully saturated rings. The molecule has 5 rings (SSSR count). The Hall–Kier alpha value is -1.42. The number of rotatable bonds is 1. The molecule has 0 unspecified atom stereocenters. The fraction of sp³-hybridized carbons (Fsp3) is 0.760. The van der Waals surface area contributed by atoms with Gasteiger partial charge in [0, 0.05) is 24.2 Å². The molecule has 158 valence electrons. The van der Waals surface area contributed by atoms with E-state index in [0.29, 0.717) is 29.0 Å². The summed E-state index contributed by atoms with van der Waals surface area (Å²) in [5.41, 5.74) is 3.30. The Labute approximate surface area is 174 Å². The highest BCUT2D eigenvalue weighted by molar-refractivity contribution is 6.06. The van der Waals surface area contributed by atoms with Gasteiger partial charge in [-0.25, -0.2) is 0 Å². The zero-order valence-electron chi connectivity index (χ0n) is 18.4. The normalized spacial score (nSPS) is 45.8. The standard InChI is InChI=1S/C25H36N2O2/c1-15-17(14-27(4)26-15)11-16-12-22-20-6-5-18-13-19(28)7-9-24(18,2)21(20)8-10-25(22,3)23(16)29/h11,14,18-22,28H,5-10,12-13H2,1-4H3/b16-11+/t18-,19+,20-,21+,22+,24-,25-/m0/s1. The van der Waals surface area contributed by atoms with E-state index in [4.69, 9.17) is 0 Å². The summed E-state index contributed by atoms with van der Waals surface area (Å²) in [6.07, 6.45) is 12.8. The third kappa shape index (κ3) is 2.81. The topological polar surface area (TPSA) is 55.1 Å². The lowest BCUT2D eigenvalue weighted by Gasteiger charge is -2.59. The quantitative estimate of drug-likeness (QED) is 0.701. The molecule has 4 aliphatic carbocycles. The molecule has 4 saturated carbocycles. The van der Waals surface area contributed by atoms with Gasteiger partial charge in [0.2, 0.25) is 0 Å². The average Bonchev–Trinajstić information content (AvgIpc) is 3.12. The number of aromatic nitrogens is 2. The van der Waals surface area contributed by atoms with Crippen LogP contribution < -0.4 is 0 Å². The minimum absolute atomic E-state index is 0.0937. The summed E-state index contributed by atoms with van der Waals surface area (Å²) in [5, 5.41) is 14.7. The van der Waals surface area contributed by atoms with Gasteiger partial charge in [-0.3, -0.25) is 9.48 Å². The predicted molar refractivity (Wildman–Crippen MR) is 114 cm³/mol. The molecule has 1 aromatic rings. The van der Waals surface area contributed by atoms with Gasteiger partial charge in [0.05, 0.1) is 11.8 Å². The van der Waals surface area contributed by atoms with E-state index in [-0.39, 0.29) is 11.5 Å². The fourth-order valence-electron chi connectivity index (χ4n) is 7.98. The molecule has 29 heavy (non-hydrogen) atoms. The SMILES string of the molecule is Cc1nn(C)cc1/C=C1\C[C@@H]2[C@H]3CC[C@H]4C[C@H](O)CC[C@]4(C)[C@@H]3CC[C@]2(C)C1=O. The van der Waals surface area contributed by atoms with Crippen molar-refractivity contribution in [3.8, 4) is 0 Å².